The number of benzene rings is 2. The molecule has 3 heterocycles. The van der Waals surface area contributed by atoms with Crippen LogP contribution in [0.25, 0.3) is 43.8 Å². The van der Waals surface area contributed by atoms with Gasteiger partial charge in [-0.15, -0.1) is 0 Å². The van der Waals surface area contributed by atoms with Crippen molar-refractivity contribution in [2.45, 2.75) is 6.92 Å². The molecule has 0 fully saturated rings. The molecule has 0 saturated heterocycles. The molecule has 3 nitrogen and oxygen atoms in total. The number of hydrogen-bond donors (Lipinski definition) is 2. The second-order valence-electron chi connectivity index (χ2n) is 5.98. The molecule has 0 unspecified atom stereocenters. The molecule has 3 aromatic heterocycles. The number of aromatic amines is 2. The Kier molecular flexibility index (Phi) is 2.42. The van der Waals surface area contributed by atoms with E-state index in [-0.39, 0.29) is 0 Å². The van der Waals surface area contributed by atoms with Crippen LogP contribution < -0.4 is 0 Å². The predicted molar refractivity (Wildman–Crippen MR) is 95.6 cm³/mol. The van der Waals surface area contributed by atoms with Gasteiger partial charge < -0.3 is 9.97 Å². The summed E-state index contributed by atoms with van der Waals surface area (Å²) < 4.78 is 0. The summed E-state index contributed by atoms with van der Waals surface area (Å²) >= 11 is 0. The molecule has 0 radical (unpaired) electrons. The van der Waals surface area contributed by atoms with Crippen molar-refractivity contribution in [3.63, 3.8) is 0 Å². The SMILES string of the molecule is Cc1nccc2c1[nH]c1ccc(-c3ccc4[nH]ccc4c3)cc12. The molecule has 3 heteroatoms. The minimum atomic E-state index is 1.04. The number of aromatic nitrogens is 3. The summed E-state index contributed by atoms with van der Waals surface area (Å²) in [6.45, 7) is 2.04. The highest BCUT2D eigenvalue weighted by Crippen LogP contribution is 2.31. The van der Waals surface area contributed by atoms with E-state index in [0.717, 1.165) is 16.7 Å². The van der Waals surface area contributed by atoms with Crippen molar-refractivity contribution in [2.24, 2.45) is 0 Å². The molecule has 0 saturated carbocycles. The van der Waals surface area contributed by atoms with Gasteiger partial charge in [-0.25, -0.2) is 0 Å². The predicted octanol–water partition coefficient (Wildman–Crippen LogP) is 5.17. The van der Waals surface area contributed by atoms with Gasteiger partial charge in [0.05, 0.1) is 11.2 Å². The van der Waals surface area contributed by atoms with Gasteiger partial charge in [-0.2, -0.15) is 0 Å². The van der Waals surface area contributed by atoms with Crippen LogP contribution in [-0.2, 0) is 0 Å². The van der Waals surface area contributed by atoms with Gasteiger partial charge in [-0.1, -0.05) is 12.1 Å². The molecule has 23 heavy (non-hydrogen) atoms. The number of rotatable bonds is 1. The van der Waals surface area contributed by atoms with Gasteiger partial charge in [0.1, 0.15) is 0 Å². The molecule has 0 aliphatic rings. The van der Waals surface area contributed by atoms with Crippen LogP contribution in [0.5, 0.6) is 0 Å². The second kappa shape index (κ2) is 4.46. The Labute approximate surface area is 133 Å². The van der Waals surface area contributed by atoms with Crippen molar-refractivity contribution >= 4 is 32.7 Å². The van der Waals surface area contributed by atoms with Crippen LogP contribution in [0.3, 0.4) is 0 Å². The molecule has 0 aliphatic carbocycles. The maximum Gasteiger partial charge on any atom is 0.0681 e. The smallest absolute Gasteiger partial charge is 0.0681 e. The highest BCUT2D eigenvalue weighted by Gasteiger charge is 2.08. The molecule has 110 valence electrons. The van der Waals surface area contributed by atoms with Gasteiger partial charge in [0.25, 0.3) is 0 Å². The van der Waals surface area contributed by atoms with Gasteiger partial charge in [-0.05, 0) is 59.8 Å². The van der Waals surface area contributed by atoms with E-state index < -0.39 is 0 Å². The number of fused-ring (bicyclic) bond motifs is 4. The van der Waals surface area contributed by atoms with E-state index in [0.29, 0.717) is 0 Å². The number of H-pyrrole nitrogens is 2. The lowest BCUT2D eigenvalue weighted by Crippen LogP contribution is -1.80. The van der Waals surface area contributed by atoms with E-state index >= 15 is 0 Å². The van der Waals surface area contributed by atoms with Crippen LogP contribution in [0.2, 0.25) is 0 Å². The monoisotopic (exact) mass is 297 g/mol. The second-order valence-corrected chi connectivity index (χ2v) is 5.98. The summed E-state index contributed by atoms with van der Waals surface area (Å²) in [6.07, 6.45) is 3.86. The third kappa shape index (κ3) is 1.80. The zero-order valence-electron chi connectivity index (χ0n) is 12.7. The molecular formula is C20H15N3. The van der Waals surface area contributed by atoms with E-state index in [1.54, 1.807) is 0 Å². The van der Waals surface area contributed by atoms with Crippen LogP contribution in [-0.4, -0.2) is 15.0 Å². The summed E-state index contributed by atoms with van der Waals surface area (Å²) in [6, 6.07) is 17.3. The van der Waals surface area contributed by atoms with E-state index in [4.69, 9.17) is 0 Å². The lowest BCUT2D eigenvalue weighted by molar-refractivity contribution is 1.22. The van der Waals surface area contributed by atoms with Crippen LogP contribution in [0.4, 0.5) is 0 Å². The number of pyridine rings is 1. The standard InChI is InChI=1S/C20H15N3/c1-12-20-16(7-9-21-12)17-11-14(3-5-19(17)23-20)13-2-4-18-15(10-13)6-8-22-18/h2-11,22-23H,1H3. The summed E-state index contributed by atoms with van der Waals surface area (Å²) in [5, 5.41) is 3.72. The zero-order valence-corrected chi connectivity index (χ0v) is 12.7. The molecule has 2 N–H and O–H groups in total. The first kappa shape index (κ1) is 12.5. The largest absolute Gasteiger partial charge is 0.361 e. The Morgan fingerprint density at radius 3 is 2.57 bits per heavy atom. The number of nitrogens with one attached hydrogen (secondary N) is 2. The Bertz CT molecular complexity index is 1180. The van der Waals surface area contributed by atoms with Crippen LogP contribution in [0, 0.1) is 6.92 Å². The van der Waals surface area contributed by atoms with Gasteiger partial charge in [-0.3, -0.25) is 4.98 Å². The van der Waals surface area contributed by atoms with Crippen molar-refractivity contribution in [3.8, 4) is 11.1 Å². The fourth-order valence-electron chi connectivity index (χ4n) is 3.37. The topological polar surface area (TPSA) is 44.5 Å². The minimum absolute atomic E-state index is 1.04. The number of aryl methyl sites for hydroxylation is 1. The van der Waals surface area contributed by atoms with Crippen molar-refractivity contribution < 1.29 is 0 Å². The van der Waals surface area contributed by atoms with E-state index in [1.165, 1.54) is 32.8 Å². The molecule has 0 bridgehead atoms. The first-order valence-corrected chi connectivity index (χ1v) is 7.74. The Morgan fingerprint density at radius 2 is 1.65 bits per heavy atom. The van der Waals surface area contributed by atoms with Crippen molar-refractivity contribution in [2.75, 3.05) is 0 Å². The van der Waals surface area contributed by atoms with Crippen LogP contribution in [0.1, 0.15) is 5.69 Å². The maximum atomic E-state index is 4.38. The quantitative estimate of drug-likeness (QED) is 0.440. The normalized spacial score (nSPS) is 11.7. The lowest BCUT2D eigenvalue weighted by Gasteiger charge is -2.03. The van der Waals surface area contributed by atoms with Gasteiger partial charge >= 0.3 is 0 Å². The summed E-state index contributed by atoms with van der Waals surface area (Å²) in [4.78, 5) is 11.1. The third-order valence-electron chi connectivity index (χ3n) is 4.60. The average molecular weight is 297 g/mol. The first-order chi connectivity index (χ1) is 11.3. The van der Waals surface area contributed by atoms with Crippen molar-refractivity contribution in [3.05, 3.63) is 66.6 Å². The van der Waals surface area contributed by atoms with E-state index in [2.05, 4.69) is 63.5 Å². The Morgan fingerprint density at radius 1 is 0.826 bits per heavy atom. The highest BCUT2D eigenvalue weighted by molar-refractivity contribution is 6.09. The summed E-state index contributed by atoms with van der Waals surface area (Å²) in [5.41, 5.74) is 6.95. The molecule has 0 amide bonds. The summed E-state index contributed by atoms with van der Waals surface area (Å²) in [7, 11) is 0. The zero-order chi connectivity index (χ0) is 15.4. The highest BCUT2D eigenvalue weighted by atomic mass is 14.8. The molecular weight excluding hydrogens is 282 g/mol. The van der Waals surface area contributed by atoms with Crippen molar-refractivity contribution in [1.82, 2.24) is 15.0 Å². The molecule has 0 atom stereocenters. The van der Waals surface area contributed by atoms with Crippen LogP contribution in [0.15, 0.2) is 60.9 Å². The lowest BCUT2D eigenvalue weighted by atomic mass is 10.0. The Hall–Kier alpha value is -3.07. The molecule has 5 rings (SSSR count). The molecule has 0 aliphatic heterocycles. The Balaban J connectivity index is 1.78. The maximum absolute atomic E-state index is 4.38. The van der Waals surface area contributed by atoms with Gasteiger partial charge in [0, 0.05) is 34.2 Å². The van der Waals surface area contributed by atoms with Gasteiger partial charge in [0.2, 0.25) is 0 Å². The number of nitrogens with zero attached hydrogens (tertiary/aromatic N) is 1. The average Bonchev–Trinajstić information content (AvgIpc) is 3.18. The molecule has 0 spiro atoms. The van der Waals surface area contributed by atoms with E-state index in [1.807, 2.05) is 19.3 Å². The fourth-order valence-corrected chi connectivity index (χ4v) is 3.37. The van der Waals surface area contributed by atoms with Gasteiger partial charge in [0.15, 0.2) is 0 Å². The minimum Gasteiger partial charge on any atom is -0.361 e. The first-order valence-electron chi connectivity index (χ1n) is 7.74. The van der Waals surface area contributed by atoms with Crippen LogP contribution >= 0.6 is 0 Å². The molecule has 5 aromatic rings. The molecule has 2 aromatic carbocycles. The van der Waals surface area contributed by atoms with Crippen molar-refractivity contribution in [1.29, 1.82) is 0 Å². The van der Waals surface area contributed by atoms with E-state index in [9.17, 15) is 0 Å². The number of hydrogen-bond acceptors (Lipinski definition) is 1. The third-order valence-corrected chi connectivity index (χ3v) is 4.60. The fraction of sp³-hybridized carbons (Fsp3) is 0.0500. The summed E-state index contributed by atoms with van der Waals surface area (Å²) in [5.74, 6) is 0.